The molecule has 2 unspecified atom stereocenters. The van der Waals surface area contributed by atoms with Crippen molar-refractivity contribution in [1.29, 1.82) is 0 Å². The first kappa shape index (κ1) is 64.1. The third-order valence-corrected chi connectivity index (χ3v) is 12.7. The molecule has 29 heteroatoms. The molecule has 4 atom stereocenters. The Bertz CT molecular complexity index is 1610. The van der Waals surface area contributed by atoms with Crippen LogP contribution in [0.1, 0.15) is 122 Å². The van der Waals surface area contributed by atoms with Gasteiger partial charge in [0.25, 0.3) is 0 Å². The van der Waals surface area contributed by atoms with Crippen molar-refractivity contribution in [3.63, 3.8) is 0 Å². The molecule has 0 aliphatic heterocycles. The summed E-state index contributed by atoms with van der Waals surface area (Å²) < 4.78 is 32.5. The smallest absolute Gasteiger partial charge is 0.338 e. The Hall–Kier alpha value is -3.22. The van der Waals surface area contributed by atoms with Gasteiger partial charge < -0.3 is 82.9 Å². The molecule has 0 heterocycles. The number of carboxylic acid groups (broad SMARTS) is 6. The number of ketones is 1. The van der Waals surface area contributed by atoms with Gasteiger partial charge in [-0.15, -0.1) is 0 Å². The molecule has 0 aromatic carbocycles. The fourth-order valence-corrected chi connectivity index (χ4v) is 8.84. The summed E-state index contributed by atoms with van der Waals surface area (Å²) in [5.41, 5.74) is 16.2. The normalized spacial score (nSPS) is 18.6. The molecule has 2 rings (SSSR count). The Labute approximate surface area is 363 Å². The molecule has 20 N–H and O–H groups in total. The van der Waals surface area contributed by atoms with Gasteiger partial charge in [-0.25, -0.2) is 4.79 Å². The molecule has 0 aromatic rings. The van der Waals surface area contributed by atoms with Crippen LogP contribution in [0.5, 0.6) is 0 Å². The van der Waals surface area contributed by atoms with E-state index < -0.39 is 106 Å². The average molecular weight is 977 g/mol. The fourth-order valence-electron chi connectivity index (χ4n) is 5.43. The van der Waals surface area contributed by atoms with Crippen LogP contribution in [0.3, 0.4) is 0 Å². The maximum absolute atomic E-state index is 11.6. The molecule has 0 spiro atoms. The summed E-state index contributed by atoms with van der Waals surface area (Å²) in [6, 6.07) is -0.862. The number of Topliss-reactive ketones (excluding diaryl/α,β-unsaturated/α-hetero) is 1. The van der Waals surface area contributed by atoms with Crippen LogP contribution in [0, 0.1) is 11.8 Å². The Morgan fingerprint density at radius 2 is 1.19 bits per heavy atom. The molecule has 370 valence electrons. The average Bonchev–Trinajstić information content (AvgIpc) is 3.08. The van der Waals surface area contributed by atoms with Crippen LogP contribution in [0.25, 0.3) is 0 Å². The second-order valence-electron chi connectivity index (χ2n) is 15.3. The topological polar surface area (TPSA) is 518 Å². The van der Waals surface area contributed by atoms with Crippen LogP contribution in [0.4, 0.5) is 0 Å². The van der Waals surface area contributed by atoms with E-state index in [1.54, 1.807) is 0 Å². The second kappa shape index (κ2) is 30.8. The van der Waals surface area contributed by atoms with E-state index in [0.717, 1.165) is 38.5 Å². The van der Waals surface area contributed by atoms with E-state index in [0.29, 0.717) is 38.5 Å². The van der Waals surface area contributed by atoms with E-state index in [-0.39, 0.29) is 44.4 Å². The summed E-state index contributed by atoms with van der Waals surface area (Å²) in [4.78, 5) is 126. The Morgan fingerprint density at radius 3 is 1.52 bits per heavy atom. The molecule has 0 aromatic heterocycles. The van der Waals surface area contributed by atoms with E-state index in [2.05, 4.69) is 6.92 Å². The number of rotatable bonds is 23. The highest BCUT2D eigenvalue weighted by molar-refractivity contribution is 7.56. The summed E-state index contributed by atoms with van der Waals surface area (Å²) in [6.07, 6.45) is 6.27. The number of nitrogens with two attached hydrogens (primary N) is 4. The Morgan fingerprint density at radius 1 is 0.698 bits per heavy atom. The molecule has 63 heavy (non-hydrogen) atoms. The van der Waals surface area contributed by atoms with E-state index in [4.69, 9.17) is 82.9 Å². The lowest BCUT2D eigenvalue weighted by Gasteiger charge is -2.33. The van der Waals surface area contributed by atoms with Crippen molar-refractivity contribution in [2.24, 2.45) is 34.8 Å². The van der Waals surface area contributed by atoms with E-state index in [1.165, 1.54) is 0 Å². The van der Waals surface area contributed by atoms with Crippen LogP contribution in [-0.2, 0) is 47.3 Å². The first-order valence-electron chi connectivity index (χ1n) is 19.7. The van der Waals surface area contributed by atoms with Crippen LogP contribution in [0.15, 0.2) is 0 Å². The number of aliphatic carboxylic acids is 6. The number of carboxylic acids is 6. The van der Waals surface area contributed by atoms with Crippen molar-refractivity contribution < 1.29 is 107 Å². The first-order valence-corrected chi connectivity index (χ1v) is 24.9. The van der Waals surface area contributed by atoms with Crippen molar-refractivity contribution in [2.45, 2.75) is 145 Å². The highest BCUT2D eigenvalue weighted by Gasteiger charge is 2.42. The summed E-state index contributed by atoms with van der Waals surface area (Å²) >= 11 is 0. The molecule has 2 fully saturated rings. The van der Waals surface area contributed by atoms with E-state index in [9.17, 15) is 47.3 Å². The summed E-state index contributed by atoms with van der Waals surface area (Å²) in [7, 11) is -13.7. The fraction of sp³-hybridized carbons (Fsp3) is 0.794. The molecule has 0 bridgehead atoms. The van der Waals surface area contributed by atoms with Crippen molar-refractivity contribution >= 4 is 64.4 Å². The number of unbranched alkanes of at least 4 members (excludes halogenated alkanes) is 3. The lowest BCUT2D eigenvalue weighted by Crippen LogP contribution is -2.56. The van der Waals surface area contributed by atoms with Gasteiger partial charge >= 0.3 is 58.6 Å². The summed E-state index contributed by atoms with van der Waals surface area (Å²) in [6.45, 7) is 2.06. The zero-order chi connectivity index (χ0) is 50.0. The monoisotopic (exact) mass is 976 g/mol. The molecule has 0 amide bonds. The third-order valence-electron chi connectivity index (χ3n) is 9.40. The molecule has 26 nitrogen and oxygen atoms in total. The van der Waals surface area contributed by atoms with Crippen molar-refractivity contribution in [1.82, 2.24) is 0 Å². The highest BCUT2D eigenvalue weighted by atomic mass is 31.2. The van der Waals surface area contributed by atoms with Gasteiger partial charge in [-0.2, -0.15) is 0 Å². The minimum Gasteiger partial charge on any atom is -0.481 e. The van der Waals surface area contributed by atoms with Gasteiger partial charge in [0, 0.05) is 18.8 Å². The highest BCUT2D eigenvalue weighted by Crippen LogP contribution is 2.50. The van der Waals surface area contributed by atoms with Gasteiger partial charge in [0.05, 0.1) is 17.7 Å². The number of carbonyl (C=O) groups excluding carboxylic acids is 1. The lowest BCUT2D eigenvalue weighted by atomic mass is 9.75. The predicted molar refractivity (Wildman–Crippen MR) is 222 cm³/mol. The minimum atomic E-state index is -4.70. The standard InChI is InChI=1S/C9H16NO6P.C7H18N2O8P2.C7H13NO4.C6H12O2.C5H8O2/c10-9(8(12)13)3-1-2-6(4-9)7(11)5-17(14,15)16;8-7(9,6(10)11)3-1-2-5(19(15,16)17)4-18(12,13)14;8-5(7(11)12)3-1-2-4-6(9)10;1-2-3-4-5-6(7)8;6-5(7)4-2-1-3-4/h6H,1-5,10H2,(H,12,13)(H2,14,15,16);5H,1-4,8-9H2,(H,10,11)(H2,12,13,14)(H2,15,16,17);5H,1-4,8H2,(H,9,10)(H,11,12);2-5H2,1H3,(H,7,8);4H,1-3H2,(H,6,7)/t6-,9-;;;;/m0..../s1. The molecule has 2 saturated carbocycles. The largest absolute Gasteiger partial charge is 0.481 e. The summed E-state index contributed by atoms with van der Waals surface area (Å²) in [5.74, 6) is -7.12. The van der Waals surface area contributed by atoms with Gasteiger partial charge in [-0.1, -0.05) is 39.0 Å². The van der Waals surface area contributed by atoms with Crippen molar-refractivity contribution in [3.05, 3.63) is 0 Å². The van der Waals surface area contributed by atoms with Gasteiger partial charge in [0.15, 0.2) is 5.66 Å². The van der Waals surface area contributed by atoms with Gasteiger partial charge in [-0.05, 0) is 70.6 Å². The van der Waals surface area contributed by atoms with Gasteiger partial charge in [0.2, 0.25) is 0 Å². The zero-order valence-electron chi connectivity index (χ0n) is 35.1. The maximum Gasteiger partial charge on any atom is 0.338 e. The van der Waals surface area contributed by atoms with E-state index >= 15 is 0 Å². The van der Waals surface area contributed by atoms with Crippen LogP contribution < -0.4 is 22.9 Å². The molecule has 2 aliphatic carbocycles. The third kappa shape index (κ3) is 34.8. The summed E-state index contributed by atoms with van der Waals surface area (Å²) in [5, 5.41) is 50.5. The quantitative estimate of drug-likeness (QED) is 0.0383. The molecular formula is C34H67N4O22P3. The van der Waals surface area contributed by atoms with Gasteiger partial charge in [-0.3, -0.25) is 42.5 Å². The molecule has 0 radical (unpaired) electrons. The molecular weight excluding hydrogens is 909 g/mol. The number of carbonyl (C=O) groups is 7. The van der Waals surface area contributed by atoms with Crippen LogP contribution in [0.2, 0.25) is 0 Å². The van der Waals surface area contributed by atoms with Crippen molar-refractivity contribution in [3.8, 4) is 0 Å². The Kier molecular flexibility index (Phi) is 31.4. The SMILES string of the molecule is CCCCCC(=O)O.NC(CCCCC(=O)O)C(=O)O.NC(N)(CCCC(CP(=O)(O)O)P(=O)(O)O)C(=O)O.N[C@@]1(C(=O)O)CCC[C@H](C(=O)CP(=O)(O)O)C1.O=C(O)C1CCC1. The molecule has 2 aliphatic rings. The zero-order valence-corrected chi connectivity index (χ0v) is 37.7. The van der Waals surface area contributed by atoms with Crippen molar-refractivity contribution in [2.75, 3.05) is 12.3 Å². The molecule has 0 saturated heterocycles. The maximum atomic E-state index is 11.6. The minimum absolute atomic E-state index is 0.000000000000000444. The number of hydrogen-bond donors (Lipinski definition) is 16. The van der Waals surface area contributed by atoms with E-state index in [1.807, 2.05) is 0 Å². The first-order chi connectivity index (χ1) is 28.5. The second-order valence-corrected chi connectivity index (χ2v) is 20.5. The van der Waals surface area contributed by atoms with Crippen LogP contribution in [-0.4, -0.2) is 137 Å². The lowest BCUT2D eigenvalue weighted by molar-refractivity contribution is -0.146. The Balaban J connectivity index is -0.000000748. The number of hydrogen-bond acceptors (Lipinski definition) is 14. The van der Waals surface area contributed by atoms with Crippen LogP contribution >= 0.6 is 22.8 Å². The predicted octanol–water partition coefficient (Wildman–Crippen LogP) is 0.850. The van der Waals surface area contributed by atoms with Gasteiger partial charge in [0.1, 0.15) is 23.5 Å².